The van der Waals surface area contributed by atoms with Crippen LogP contribution in [0.25, 0.3) is 0 Å². The largest absolute Gasteiger partial charge is 0.368 e. The van der Waals surface area contributed by atoms with Gasteiger partial charge in [0.1, 0.15) is 11.9 Å². The molecule has 1 saturated heterocycles. The number of nitrogens with two attached hydrogens (primary N) is 1. The van der Waals surface area contributed by atoms with Gasteiger partial charge in [0, 0.05) is 13.0 Å². The molecule has 2 heterocycles. The summed E-state index contributed by atoms with van der Waals surface area (Å²) in [6, 6.07) is -0.523. The topological polar surface area (TPSA) is 105 Å². The highest BCUT2D eigenvalue weighted by Crippen LogP contribution is 2.18. The third-order valence-electron chi connectivity index (χ3n) is 3.05. The molecule has 1 aromatic rings. The highest BCUT2D eigenvalue weighted by molar-refractivity contribution is 5.94. The van der Waals surface area contributed by atoms with Crippen LogP contribution in [-0.2, 0) is 11.2 Å². The van der Waals surface area contributed by atoms with Gasteiger partial charge in [-0.25, -0.2) is 4.98 Å². The molecule has 98 valence electrons. The number of amides is 2. The number of carbonyl (C=O) groups excluding carboxylic acids is 2. The first-order chi connectivity index (χ1) is 8.63. The molecule has 3 N–H and O–H groups in total. The highest BCUT2D eigenvalue weighted by Gasteiger charge is 2.34. The normalized spacial score (nSPS) is 19.2. The van der Waals surface area contributed by atoms with Gasteiger partial charge in [-0.05, 0) is 19.3 Å². The molecule has 1 aliphatic rings. The maximum Gasteiger partial charge on any atom is 0.294 e. The van der Waals surface area contributed by atoms with E-state index < -0.39 is 11.9 Å². The fraction of sp³-hybridized carbons (Fsp3) is 0.636. The molecule has 2 amide bonds. The summed E-state index contributed by atoms with van der Waals surface area (Å²) in [5.41, 5.74) is 5.28. The van der Waals surface area contributed by atoms with Crippen LogP contribution in [0.4, 0.5) is 0 Å². The lowest BCUT2D eigenvalue weighted by Crippen LogP contribution is -2.44. The van der Waals surface area contributed by atoms with E-state index in [0.29, 0.717) is 18.8 Å². The molecule has 0 aliphatic carbocycles. The zero-order valence-electron chi connectivity index (χ0n) is 10.3. The van der Waals surface area contributed by atoms with Crippen molar-refractivity contribution in [1.82, 2.24) is 20.1 Å². The van der Waals surface area contributed by atoms with Gasteiger partial charge in [-0.15, -0.1) is 5.10 Å². The molecule has 0 aromatic carbocycles. The number of primary amides is 1. The van der Waals surface area contributed by atoms with Gasteiger partial charge in [0.2, 0.25) is 11.7 Å². The summed E-state index contributed by atoms with van der Waals surface area (Å²) in [7, 11) is 0. The average Bonchev–Trinajstić information content (AvgIpc) is 2.96. The number of rotatable bonds is 4. The van der Waals surface area contributed by atoms with Crippen LogP contribution >= 0.6 is 0 Å². The Morgan fingerprint density at radius 1 is 1.56 bits per heavy atom. The molecule has 1 fully saturated rings. The Kier molecular flexibility index (Phi) is 3.59. The van der Waals surface area contributed by atoms with Gasteiger partial charge in [0.25, 0.3) is 5.91 Å². The summed E-state index contributed by atoms with van der Waals surface area (Å²) in [5.74, 6) is 0.0161. The second-order valence-electron chi connectivity index (χ2n) is 4.41. The van der Waals surface area contributed by atoms with Crippen molar-refractivity contribution in [3.05, 3.63) is 11.6 Å². The SMILES string of the molecule is CCCc1nc(C(=O)N2CCCC2C(N)=O)n[nH]1. The average molecular weight is 251 g/mol. The standard InChI is InChI=1S/C11H17N5O2/c1-2-4-8-13-10(15-14-8)11(18)16-6-3-5-7(16)9(12)17/h7H,2-6H2,1H3,(H2,12,17)(H,13,14,15). The predicted molar refractivity (Wildman–Crippen MR) is 63.6 cm³/mol. The van der Waals surface area contributed by atoms with Crippen LogP contribution in [-0.4, -0.2) is 44.5 Å². The summed E-state index contributed by atoms with van der Waals surface area (Å²) < 4.78 is 0. The zero-order chi connectivity index (χ0) is 13.1. The Balaban J connectivity index is 2.12. The van der Waals surface area contributed by atoms with Crippen molar-refractivity contribution in [2.24, 2.45) is 5.73 Å². The molecule has 2 rings (SSSR count). The number of aromatic nitrogens is 3. The quantitative estimate of drug-likeness (QED) is 0.776. The molecule has 0 saturated carbocycles. The Morgan fingerprint density at radius 2 is 2.33 bits per heavy atom. The van der Waals surface area contributed by atoms with Gasteiger partial charge < -0.3 is 10.6 Å². The first-order valence-electron chi connectivity index (χ1n) is 6.15. The van der Waals surface area contributed by atoms with Gasteiger partial charge in [0.05, 0.1) is 0 Å². The Bertz CT molecular complexity index is 456. The number of likely N-dealkylation sites (tertiary alicyclic amines) is 1. The van der Waals surface area contributed by atoms with E-state index in [1.54, 1.807) is 0 Å². The van der Waals surface area contributed by atoms with E-state index in [-0.39, 0.29) is 11.7 Å². The fourth-order valence-electron chi connectivity index (χ4n) is 2.17. The molecule has 18 heavy (non-hydrogen) atoms. The third-order valence-corrected chi connectivity index (χ3v) is 3.05. The number of nitrogens with one attached hydrogen (secondary N) is 1. The third kappa shape index (κ3) is 2.34. The second-order valence-corrected chi connectivity index (χ2v) is 4.41. The van der Waals surface area contributed by atoms with Crippen LogP contribution in [0.15, 0.2) is 0 Å². The van der Waals surface area contributed by atoms with E-state index in [0.717, 1.165) is 19.3 Å². The van der Waals surface area contributed by atoms with Crippen LogP contribution in [0.5, 0.6) is 0 Å². The number of nitrogens with zero attached hydrogens (tertiary/aromatic N) is 3. The van der Waals surface area contributed by atoms with Crippen molar-refractivity contribution < 1.29 is 9.59 Å². The number of aryl methyl sites for hydroxylation is 1. The smallest absolute Gasteiger partial charge is 0.294 e. The number of hydrogen-bond acceptors (Lipinski definition) is 4. The number of carbonyl (C=O) groups is 2. The molecule has 7 heteroatoms. The zero-order valence-corrected chi connectivity index (χ0v) is 10.3. The van der Waals surface area contributed by atoms with Crippen LogP contribution < -0.4 is 5.73 Å². The van der Waals surface area contributed by atoms with Crippen LogP contribution in [0.3, 0.4) is 0 Å². The van der Waals surface area contributed by atoms with Crippen molar-refractivity contribution >= 4 is 11.8 Å². The Labute approximate surface area is 105 Å². The van der Waals surface area contributed by atoms with Gasteiger partial charge >= 0.3 is 0 Å². The lowest BCUT2D eigenvalue weighted by molar-refractivity contribution is -0.121. The van der Waals surface area contributed by atoms with Crippen LogP contribution in [0, 0.1) is 0 Å². The lowest BCUT2D eigenvalue weighted by Gasteiger charge is -2.20. The molecule has 0 radical (unpaired) electrons. The summed E-state index contributed by atoms with van der Waals surface area (Å²) in [6.45, 7) is 2.55. The van der Waals surface area contributed by atoms with E-state index >= 15 is 0 Å². The predicted octanol–water partition coefficient (Wildman–Crippen LogP) is -0.153. The molecular formula is C11H17N5O2. The van der Waals surface area contributed by atoms with Crippen molar-refractivity contribution in [1.29, 1.82) is 0 Å². The van der Waals surface area contributed by atoms with Gasteiger partial charge in [-0.1, -0.05) is 6.92 Å². The molecule has 1 atom stereocenters. The van der Waals surface area contributed by atoms with E-state index in [1.807, 2.05) is 6.92 Å². The fourth-order valence-corrected chi connectivity index (χ4v) is 2.17. The van der Waals surface area contributed by atoms with Crippen molar-refractivity contribution in [3.8, 4) is 0 Å². The number of hydrogen-bond donors (Lipinski definition) is 2. The van der Waals surface area contributed by atoms with E-state index in [2.05, 4.69) is 15.2 Å². The lowest BCUT2D eigenvalue weighted by atomic mass is 10.2. The minimum atomic E-state index is -0.523. The molecule has 1 aliphatic heterocycles. The molecule has 0 bridgehead atoms. The Morgan fingerprint density at radius 3 is 3.00 bits per heavy atom. The first kappa shape index (κ1) is 12.5. The van der Waals surface area contributed by atoms with Crippen LogP contribution in [0.2, 0.25) is 0 Å². The van der Waals surface area contributed by atoms with Crippen molar-refractivity contribution in [2.45, 2.75) is 38.6 Å². The molecular weight excluding hydrogens is 234 g/mol. The molecule has 1 aromatic heterocycles. The summed E-state index contributed by atoms with van der Waals surface area (Å²) in [6.07, 6.45) is 3.08. The maximum absolute atomic E-state index is 12.2. The first-order valence-corrected chi connectivity index (χ1v) is 6.15. The van der Waals surface area contributed by atoms with Crippen molar-refractivity contribution in [2.75, 3.05) is 6.54 Å². The van der Waals surface area contributed by atoms with Gasteiger partial charge in [-0.3, -0.25) is 14.7 Å². The number of aromatic amines is 1. The maximum atomic E-state index is 12.2. The van der Waals surface area contributed by atoms with E-state index in [1.165, 1.54) is 4.90 Å². The monoisotopic (exact) mass is 251 g/mol. The summed E-state index contributed by atoms with van der Waals surface area (Å²) >= 11 is 0. The van der Waals surface area contributed by atoms with Crippen LogP contribution in [0.1, 0.15) is 42.6 Å². The van der Waals surface area contributed by atoms with E-state index in [4.69, 9.17) is 5.73 Å². The second kappa shape index (κ2) is 5.16. The molecule has 1 unspecified atom stereocenters. The van der Waals surface area contributed by atoms with Crippen molar-refractivity contribution in [3.63, 3.8) is 0 Å². The van der Waals surface area contributed by atoms with E-state index in [9.17, 15) is 9.59 Å². The molecule has 7 nitrogen and oxygen atoms in total. The minimum absolute atomic E-state index is 0.117. The van der Waals surface area contributed by atoms with Gasteiger partial charge in [0.15, 0.2) is 0 Å². The summed E-state index contributed by atoms with van der Waals surface area (Å²) in [4.78, 5) is 29.0. The highest BCUT2D eigenvalue weighted by atomic mass is 16.2. The molecule has 0 spiro atoms. The van der Waals surface area contributed by atoms with Gasteiger partial charge in [-0.2, -0.15) is 0 Å². The number of H-pyrrole nitrogens is 1. The Hall–Kier alpha value is -1.92. The summed E-state index contributed by atoms with van der Waals surface area (Å²) in [5, 5.41) is 6.62. The minimum Gasteiger partial charge on any atom is -0.368 e.